The topological polar surface area (TPSA) is 64.3 Å². The highest BCUT2D eigenvalue weighted by Gasteiger charge is 2.23. The third-order valence-corrected chi connectivity index (χ3v) is 3.58. The highest BCUT2D eigenvalue weighted by atomic mass is 79.9. The molecule has 0 aliphatic heterocycles. The summed E-state index contributed by atoms with van der Waals surface area (Å²) in [4.78, 5) is 12.0. The fourth-order valence-electron chi connectivity index (χ4n) is 1.58. The molecule has 1 rings (SSSR count). The van der Waals surface area contributed by atoms with Gasteiger partial charge in [-0.05, 0) is 40.0 Å². The van der Waals surface area contributed by atoms with Gasteiger partial charge >= 0.3 is 5.97 Å². The van der Waals surface area contributed by atoms with E-state index in [9.17, 15) is 4.79 Å². The van der Waals surface area contributed by atoms with Crippen molar-refractivity contribution in [3.05, 3.63) is 28.2 Å². The summed E-state index contributed by atoms with van der Waals surface area (Å²) in [6.45, 7) is 3.90. The number of methoxy groups -OCH3 is 1. The summed E-state index contributed by atoms with van der Waals surface area (Å²) < 4.78 is 5.59. The smallest absolute Gasteiger partial charge is 0.328 e. The molecular weight excluding hydrogens is 328 g/mol. The maximum absolute atomic E-state index is 11.7. The monoisotopic (exact) mass is 344 g/mol. The zero-order valence-corrected chi connectivity index (χ0v) is 13.5. The first-order chi connectivity index (χ1) is 8.86. The molecule has 0 aliphatic carbocycles. The van der Waals surface area contributed by atoms with Gasteiger partial charge in [0.1, 0.15) is 11.0 Å². The maximum atomic E-state index is 11.7. The number of anilines is 1. The molecule has 0 radical (unpaired) electrons. The highest BCUT2D eigenvalue weighted by molar-refractivity contribution is 9.10. The van der Waals surface area contributed by atoms with Crippen LogP contribution < -0.4 is 11.1 Å². The lowest BCUT2D eigenvalue weighted by Crippen LogP contribution is -2.35. The lowest BCUT2D eigenvalue weighted by Gasteiger charge is -2.21. The minimum Gasteiger partial charge on any atom is -0.467 e. The van der Waals surface area contributed by atoms with E-state index in [1.165, 1.54) is 7.11 Å². The van der Waals surface area contributed by atoms with E-state index in [0.29, 0.717) is 4.99 Å². The van der Waals surface area contributed by atoms with Crippen molar-refractivity contribution in [1.29, 1.82) is 0 Å². The van der Waals surface area contributed by atoms with Gasteiger partial charge in [-0.25, -0.2) is 4.79 Å². The fraction of sp³-hybridized carbons (Fsp3) is 0.385. The predicted octanol–water partition coefficient (Wildman–Crippen LogP) is 2.69. The van der Waals surface area contributed by atoms with E-state index in [1.54, 1.807) is 0 Å². The Kier molecular flexibility index (Phi) is 5.75. The van der Waals surface area contributed by atoms with Gasteiger partial charge in [0.2, 0.25) is 0 Å². The number of nitrogens with one attached hydrogen (secondary N) is 1. The molecule has 0 bridgehead atoms. The zero-order chi connectivity index (χ0) is 14.6. The molecule has 4 nitrogen and oxygen atoms in total. The van der Waals surface area contributed by atoms with Gasteiger partial charge in [0.15, 0.2) is 0 Å². The number of nitrogens with two attached hydrogens (primary N) is 1. The van der Waals surface area contributed by atoms with Gasteiger partial charge in [-0.15, -0.1) is 0 Å². The van der Waals surface area contributed by atoms with Crippen LogP contribution >= 0.6 is 28.1 Å². The van der Waals surface area contributed by atoms with Crippen LogP contribution in [0.15, 0.2) is 22.7 Å². The lowest BCUT2D eigenvalue weighted by molar-refractivity contribution is -0.142. The molecule has 104 valence electrons. The van der Waals surface area contributed by atoms with Crippen LogP contribution in [-0.4, -0.2) is 24.1 Å². The van der Waals surface area contributed by atoms with Gasteiger partial charge in [-0.3, -0.25) is 0 Å². The summed E-state index contributed by atoms with van der Waals surface area (Å²) >= 11 is 8.35. The second kappa shape index (κ2) is 6.86. The Balaban J connectivity index is 2.97. The van der Waals surface area contributed by atoms with Crippen molar-refractivity contribution in [1.82, 2.24) is 0 Å². The summed E-state index contributed by atoms with van der Waals surface area (Å²) in [6, 6.07) is 5.05. The molecule has 1 unspecified atom stereocenters. The van der Waals surface area contributed by atoms with E-state index in [4.69, 9.17) is 22.7 Å². The van der Waals surface area contributed by atoms with Crippen LogP contribution in [0.2, 0.25) is 0 Å². The Hall–Kier alpha value is -1.14. The van der Waals surface area contributed by atoms with Gasteiger partial charge in [0.05, 0.1) is 7.11 Å². The maximum Gasteiger partial charge on any atom is 0.328 e. The molecular formula is C13H17BrN2O2S. The Bertz CT molecular complexity index is 492. The van der Waals surface area contributed by atoms with Gasteiger partial charge in [-0.1, -0.05) is 26.1 Å². The van der Waals surface area contributed by atoms with Crippen molar-refractivity contribution in [3.63, 3.8) is 0 Å². The Morgan fingerprint density at radius 2 is 2.11 bits per heavy atom. The van der Waals surface area contributed by atoms with Gasteiger partial charge in [0.25, 0.3) is 0 Å². The second-order valence-corrected chi connectivity index (χ2v) is 5.74. The Labute approximate surface area is 126 Å². The molecule has 0 saturated heterocycles. The summed E-state index contributed by atoms with van der Waals surface area (Å²) in [7, 11) is 1.38. The van der Waals surface area contributed by atoms with Crippen LogP contribution in [0.25, 0.3) is 0 Å². The lowest BCUT2D eigenvalue weighted by atomic mass is 10.0. The molecule has 19 heavy (non-hydrogen) atoms. The molecule has 0 amide bonds. The Morgan fingerprint density at radius 1 is 1.47 bits per heavy atom. The molecule has 3 N–H and O–H groups in total. The molecule has 0 fully saturated rings. The van der Waals surface area contributed by atoms with Crippen molar-refractivity contribution in [3.8, 4) is 0 Å². The number of carbonyl (C=O) groups excluding carboxylic acids is 1. The summed E-state index contributed by atoms with van der Waals surface area (Å²) in [5, 5.41) is 3.16. The number of esters is 1. The molecule has 6 heteroatoms. The van der Waals surface area contributed by atoms with Crippen molar-refractivity contribution >= 4 is 44.8 Å². The summed E-state index contributed by atoms with van der Waals surface area (Å²) in [5.74, 6) is -0.185. The summed E-state index contributed by atoms with van der Waals surface area (Å²) in [5.41, 5.74) is 7.13. The molecule has 0 saturated carbocycles. The molecule has 0 aliphatic rings. The second-order valence-electron chi connectivity index (χ2n) is 4.45. The normalized spacial score (nSPS) is 12.1. The first-order valence-corrected chi connectivity index (χ1v) is 7.00. The van der Waals surface area contributed by atoms with Crippen LogP contribution in [0.1, 0.15) is 19.4 Å². The number of thiocarbonyl (C=S) groups is 1. The first kappa shape index (κ1) is 15.9. The number of hydrogen-bond acceptors (Lipinski definition) is 4. The molecule has 1 aromatic carbocycles. The van der Waals surface area contributed by atoms with Gasteiger partial charge in [-0.2, -0.15) is 0 Å². The SMILES string of the molecule is COC(=O)C(Nc1ccc(C(N)=S)cc1Br)C(C)C. The number of carbonyl (C=O) groups is 1. The zero-order valence-electron chi connectivity index (χ0n) is 11.1. The first-order valence-electron chi connectivity index (χ1n) is 5.80. The largest absolute Gasteiger partial charge is 0.467 e. The average Bonchev–Trinajstić information content (AvgIpc) is 2.35. The van der Waals surface area contributed by atoms with Crippen molar-refractivity contribution in [2.24, 2.45) is 11.7 Å². The van der Waals surface area contributed by atoms with Crippen LogP contribution in [0.5, 0.6) is 0 Å². The third kappa shape index (κ3) is 4.18. The van der Waals surface area contributed by atoms with E-state index in [-0.39, 0.29) is 11.9 Å². The third-order valence-electron chi connectivity index (χ3n) is 2.69. The highest BCUT2D eigenvalue weighted by Crippen LogP contribution is 2.25. The average molecular weight is 345 g/mol. The van der Waals surface area contributed by atoms with Gasteiger partial charge in [0, 0.05) is 15.7 Å². The standard InChI is InChI=1S/C13H17BrN2O2S/c1-7(2)11(13(17)18-3)16-10-5-4-8(12(15)19)6-9(10)14/h4-7,11,16H,1-3H3,(H2,15,19). The van der Waals surface area contributed by atoms with Crippen molar-refractivity contribution < 1.29 is 9.53 Å². The molecule has 0 spiro atoms. The van der Waals surface area contributed by atoms with Crippen LogP contribution in [0, 0.1) is 5.92 Å². The minimum absolute atomic E-state index is 0.106. The predicted molar refractivity (Wildman–Crippen MR) is 84.3 cm³/mol. The number of rotatable bonds is 5. The fourth-order valence-corrected chi connectivity index (χ4v) is 2.20. The molecule has 0 heterocycles. The number of benzene rings is 1. The number of ether oxygens (including phenoxy) is 1. The van der Waals surface area contributed by atoms with E-state index in [1.807, 2.05) is 32.0 Å². The molecule has 0 aromatic heterocycles. The van der Waals surface area contributed by atoms with Crippen molar-refractivity contribution in [2.45, 2.75) is 19.9 Å². The quantitative estimate of drug-likeness (QED) is 0.635. The summed E-state index contributed by atoms with van der Waals surface area (Å²) in [6.07, 6.45) is 0. The molecule has 1 aromatic rings. The van der Waals surface area contributed by atoms with E-state index < -0.39 is 6.04 Å². The van der Waals surface area contributed by atoms with E-state index >= 15 is 0 Å². The number of hydrogen-bond donors (Lipinski definition) is 2. The minimum atomic E-state index is -0.406. The van der Waals surface area contributed by atoms with Crippen LogP contribution in [-0.2, 0) is 9.53 Å². The van der Waals surface area contributed by atoms with Crippen LogP contribution in [0.3, 0.4) is 0 Å². The number of halogens is 1. The van der Waals surface area contributed by atoms with Gasteiger partial charge < -0.3 is 15.8 Å². The van der Waals surface area contributed by atoms with Crippen LogP contribution in [0.4, 0.5) is 5.69 Å². The van der Waals surface area contributed by atoms with E-state index in [0.717, 1.165) is 15.7 Å². The Morgan fingerprint density at radius 3 is 2.53 bits per heavy atom. The van der Waals surface area contributed by atoms with E-state index in [2.05, 4.69) is 21.2 Å². The molecule has 1 atom stereocenters. The van der Waals surface area contributed by atoms with Crippen molar-refractivity contribution in [2.75, 3.05) is 12.4 Å².